The van der Waals surface area contributed by atoms with E-state index >= 15 is 0 Å². The fourth-order valence-electron chi connectivity index (χ4n) is 3.64. The Balaban J connectivity index is 1.69. The largest absolute Gasteiger partial charge is 0.308 e. The lowest BCUT2D eigenvalue weighted by atomic mass is 10.2. The number of rotatable bonds is 9. The first-order valence-electron chi connectivity index (χ1n) is 10.6. The third-order valence-corrected chi connectivity index (χ3v) is 6.13. The zero-order chi connectivity index (χ0) is 22.5. The summed E-state index contributed by atoms with van der Waals surface area (Å²) in [5, 5.41) is 9.84. The van der Waals surface area contributed by atoms with Crippen LogP contribution in [0, 0.1) is 0 Å². The molecule has 0 spiro atoms. The topological polar surface area (TPSA) is 72.5 Å². The molecule has 2 aromatic heterocycles. The average Bonchev–Trinajstić information content (AvgIpc) is 3.25. The molecule has 0 aliphatic rings. The van der Waals surface area contributed by atoms with E-state index in [9.17, 15) is 9.59 Å². The van der Waals surface area contributed by atoms with Gasteiger partial charge in [0, 0.05) is 18.8 Å². The molecule has 0 saturated heterocycles. The summed E-state index contributed by atoms with van der Waals surface area (Å²) in [6.45, 7) is 6.86. The van der Waals surface area contributed by atoms with Gasteiger partial charge < -0.3 is 4.90 Å². The van der Waals surface area contributed by atoms with Crippen LogP contribution in [0.3, 0.4) is 0 Å². The summed E-state index contributed by atoms with van der Waals surface area (Å²) in [6.07, 6.45) is 3.55. The van der Waals surface area contributed by atoms with Gasteiger partial charge in [0.05, 0.1) is 16.7 Å². The van der Waals surface area contributed by atoms with Crippen LogP contribution in [0.25, 0.3) is 16.7 Å². The van der Waals surface area contributed by atoms with Gasteiger partial charge in [-0.1, -0.05) is 61.5 Å². The number of hydrogen-bond donors (Lipinski definition) is 0. The Morgan fingerprint density at radius 1 is 1.12 bits per heavy atom. The van der Waals surface area contributed by atoms with E-state index < -0.39 is 0 Å². The molecule has 7 nitrogen and oxygen atoms in total. The Kier molecular flexibility index (Phi) is 6.70. The minimum Gasteiger partial charge on any atom is -0.308 e. The monoisotopic (exact) mass is 447 g/mol. The summed E-state index contributed by atoms with van der Waals surface area (Å²) in [5.74, 6) is 0.635. The van der Waals surface area contributed by atoms with Crippen LogP contribution < -0.4 is 10.5 Å². The number of aromatic nitrogens is 4. The van der Waals surface area contributed by atoms with Crippen LogP contribution in [0.5, 0.6) is 0 Å². The molecule has 0 radical (unpaired) electrons. The minimum atomic E-state index is -0.0668. The number of hydrogen-bond acceptors (Lipinski definition) is 5. The number of benzene rings is 2. The molecule has 164 valence electrons. The molecule has 0 atom stereocenters. The zero-order valence-corrected chi connectivity index (χ0v) is 18.8. The van der Waals surface area contributed by atoms with Gasteiger partial charge in [0.25, 0.3) is 5.56 Å². The summed E-state index contributed by atoms with van der Waals surface area (Å²) in [5.41, 5.74) is 1.50. The van der Waals surface area contributed by atoms with Crippen molar-refractivity contribution < 1.29 is 4.79 Å². The predicted octanol–water partition coefficient (Wildman–Crippen LogP) is 4.16. The van der Waals surface area contributed by atoms with E-state index in [2.05, 4.69) is 23.7 Å². The second kappa shape index (κ2) is 9.82. The maximum Gasteiger partial charge on any atom is 0.262 e. The number of para-hydroxylation sites is 2. The SMILES string of the molecule is C=CCN(C(=O)CSc1nnc2n(CCCC)c(=O)c3ccccc3n12)c1ccccc1. The van der Waals surface area contributed by atoms with Crippen LogP contribution in [0.1, 0.15) is 19.8 Å². The van der Waals surface area contributed by atoms with E-state index in [-0.39, 0.29) is 17.2 Å². The highest BCUT2D eigenvalue weighted by molar-refractivity contribution is 7.99. The lowest BCUT2D eigenvalue weighted by Gasteiger charge is -2.21. The number of carbonyl (C=O) groups excluding carboxylic acids is 1. The van der Waals surface area contributed by atoms with Crippen molar-refractivity contribution in [2.24, 2.45) is 0 Å². The van der Waals surface area contributed by atoms with Gasteiger partial charge >= 0.3 is 0 Å². The Hall–Kier alpha value is -3.39. The Bertz CT molecular complexity index is 1310. The molecule has 0 fully saturated rings. The number of unbranched alkanes of at least 4 members (excludes halogenated alkanes) is 1. The third kappa shape index (κ3) is 4.18. The number of amides is 1. The first-order valence-corrected chi connectivity index (χ1v) is 11.6. The van der Waals surface area contributed by atoms with Crippen molar-refractivity contribution >= 4 is 40.0 Å². The van der Waals surface area contributed by atoms with Gasteiger partial charge in [-0.15, -0.1) is 16.8 Å². The highest BCUT2D eigenvalue weighted by atomic mass is 32.2. The van der Waals surface area contributed by atoms with Crippen LogP contribution in [0.15, 0.2) is 77.2 Å². The van der Waals surface area contributed by atoms with Crippen LogP contribution in [0.2, 0.25) is 0 Å². The lowest BCUT2D eigenvalue weighted by Crippen LogP contribution is -2.32. The molecule has 0 unspecified atom stereocenters. The van der Waals surface area contributed by atoms with Crippen molar-refractivity contribution in [2.45, 2.75) is 31.5 Å². The first kappa shape index (κ1) is 21.8. The van der Waals surface area contributed by atoms with Crippen molar-refractivity contribution in [1.29, 1.82) is 0 Å². The predicted molar refractivity (Wildman–Crippen MR) is 129 cm³/mol. The van der Waals surface area contributed by atoms with Crippen molar-refractivity contribution in [2.75, 3.05) is 17.2 Å². The minimum absolute atomic E-state index is 0.0542. The third-order valence-electron chi connectivity index (χ3n) is 5.22. The molecule has 32 heavy (non-hydrogen) atoms. The molecule has 8 heteroatoms. The van der Waals surface area contributed by atoms with Gasteiger partial charge in [-0.2, -0.15) is 0 Å². The quantitative estimate of drug-likeness (QED) is 0.285. The molecule has 4 aromatic rings. The van der Waals surface area contributed by atoms with Gasteiger partial charge in [-0.3, -0.25) is 18.6 Å². The Morgan fingerprint density at radius 3 is 2.62 bits per heavy atom. The second-order valence-corrected chi connectivity index (χ2v) is 8.31. The molecule has 4 rings (SSSR count). The van der Waals surface area contributed by atoms with Crippen LogP contribution >= 0.6 is 11.8 Å². The summed E-state index contributed by atoms with van der Waals surface area (Å²) in [4.78, 5) is 27.8. The second-order valence-electron chi connectivity index (χ2n) is 7.36. The van der Waals surface area contributed by atoms with Crippen LogP contribution in [-0.4, -0.2) is 37.4 Å². The number of aryl methyl sites for hydroxylation is 1. The molecule has 0 aliphatic heterocycles. The van der Waals surface area contributed by atoms with E-state index in [1.54, 1.807) is 15.5 Å². The van der Waals surface area contributed by atoms with Crippen molar-refractivity contribution in [3.63, 3.8) is 0 Å². The lowest BCUT2D eigenvalue weighted by molar-refractivity contribution is -0.116. The van der Waals surface area contributed by atoms with Gasteiger partial charge in [-0.05, 0) is 30.7 Å². The highest BCUT2D eigenvalue weighted by Gasteiger charge is 2.19. The first-order chi connectivity index (χ1) is 15.7. The fraction of sp³-hybridized carbons (Fsp3) is 0.250. The van der Waals surface area contributed by atoms with E-state index in [1.807, 2.05) is 59.0 Å². The molecular formula is C24H25N5O2S. The number of anilines is 1. The number of carbonyl (C=O) groups is 1. The van der Waals surface area contributed by atoms with E-state index in [1.165, 1.54) is 11.8 Å². The Morgan fingerprint density at radius 2 is 1.88 bits per heavy atom. The highest BCUT2D eigenvalue weighted by Crippen LogP contribution is 2.23. The van der Waals surface area contributed by atoms with Crippen LogP contribution in [0.4, 0.5) is 5.69 Å². The van der Waals surface area contributed by atoms with Crippen molar-refractivity contribution in [1.82, 2.24) is 19.2 Å². The van der Waals surface area contributed by atoms with Gasteiger partial charge in [-0.25, -0.2) is 0 Å². The summed E-state index contributed by atoms with van der Waals surface area (Å²) in [6, 6.07) is 17.0. The molecule has 0 N–H and O–H groups in total. The Labute approximate surface area is 190 Å². The molecule has 0 bridgehead atoms. The molecular weight excluding hydrogens is 422 g/mol. The number of nitrogens with zero attached hydrogens (tertiary/aromatic N) is 5. The van der Waals surface area contributed by atoms with Crippen molar-refractivity contribution in [3.05, 3.63) is 77.6 Å². The molecule has 1 amide bonds. The molecule has 2 aromatic carbocycles. The maximum atomic E-state index is 13.0. The number of fused-ring (bicyclic) bond motifs is 3. The zero-order valence-electron chi connectivity index (χ0n) is 18.0. The fourth-order valence-corrected chi connectivity index (χ4v) is 4.45. The summed E-state index contributed by atoms with van der Waals surface area (Å²) in [7, 11) is 0. The normalized spacial score (nSPS) is 11.2. The maximum absolute atomic E-state index is 13.0. The smallest absolute Gasteiger partial charge is 0.262 e. The number of thioether (sulfide) groups is 1. The molecule has 2 heterocycles. The summed E-state index contributed by atoms with van der Waals surface area (Å²) >= 11 is 1.32. The van der Waals surface area contributed by atoms with Gasteiger partial charge in [0.15, 0.2) is 5.16 Å². The van der Waals surface area contributed by atoms with E-state index in [0.717, 1.165) is 24.0 Å². The summed E-state index contributed by atoms with van der Waals surface area (Å²) < 4.78 is 3.56. The van der Waals surface area contributed by atoms with E-state index in [4.69, 9.17) is 0 Å². The molecule has 0 aliphatic carbocycles. The van der Waals surface area contributed by atoms with Crippen molar-refractivity contribution in [3.8, 4) is 0 Å². The van der Waals surface area contributed by atoms with Gasteiger partial charge in [0.2, 0.25) is 11.7 Å². The average molecular weight is 448 g/mol. The molecule has 0 saturated carbocycles. The van der Waals surface area contributed by atoms with E-state index in [0.29, 0.717) is 29.4 Å². The standard InChI is InChI=1S/C24H25N5O2S/c1-3-5-16-28-22(31)19-13-9-10-14-20(19)29-23(28)25-26-24(29)32-17-21(30)27(15-4-2)18-11-7-6-8-12-18/h4,6-14H,2-3,5,15-17H2,1H3. The van der Waals surface area contributed by atoms with Crippen LogP contribution in [-0.2, 0) is 11.3 Å². The van der Waals surface area contributed by atoms with Gasteiger partial charge in [0.1, 0.15) is 0 Å².